The molecule has 3 nitrogen and oxygen atoms in total. The first-order valence-electron chi connectivity index (χ1n) is 6.44. The monoisotopic (exact) mass is 224 g/mol. The van der Waals surface area contributed by atoms with Crippen molar-refractivity contribution in [2.75, 3.05) is 19.6 Å². The van der Waals surface area contributed by atoms with Gasteiger partial charge in [0.2, 0.25) is 5.91 Å². The molecule has 3 heteroatoms. The Bertz CT molecular complexity index is 284. The van der Waals surface area contributed by atoms with Crippen LogP contribution in [0.1, 0.15) is 34.1 Å². The van der Waals surface area contributed by atoms with Crippen LogP contribution in [0.4, 0.5) is 0 Å². The predicted octanol–water partition coefficient (Wildman–Crippen LogP) is 1.49. The molecule has 2 unspecified atom stereocenters. The molecule has 16 heavy (non-hydrogen) atoms. The first-order chi connectivity index (χ1) is 7.42. The molecule has 1 amide bonds. The molecule has 2 rings (SSSR count). The smallest absolute Gasteiger partial charge is 0.226 e. The maximum absolute atomic E-state index is 12.4. The highest BCUT2D eigenvalue weighted by Crippen LogP contribution is 2.34. The first-order valence-corrected chi connectivity index (χ1v) is 6.44. The topological polar surface area (TPSA) is 32.3 Å². The standard InChI is InChI=1S/C13H24N2O/c1-9-5-13(3,4)15(8-9)12(16)10(2)11-6-14-7-11/h9-11,14H,5-8H2,1-4H3. The fraction of sp³-hybridized carbons (Fsp3) is 0.923. The maximum Gasteiger partial charge on any atom is 0.226 e. The van der Waals surface area contributed by atoms with E-state index < -0.39 is 0 Å². The van der Waals surface area contributed by atoms with Gasteiger partial charge < -0.3 is 10.2 Å². The minimum absolute atomic E-state index is 0.0575. The average molecular weight is 224 g/mol. The third-order valence-electron chi connectivity index (χ3n) is 4.25. The number of likely N-dealkylation sites (tertiary alicyclic amines) is 1. The van der Waals surface area contributed by atoms with E-state index in [2.05, 4.69) is 37.9 Å². The van der Waals surface area contributed by atoms with Gasteiger partial charge in [0.05, 0.1) is 0 Å². The van der Waals surface area contributed by atoms with E-state index in [-0.39, 0.29) is 11.5 Å². The molecule has 0 aromatic carbocycles. The highest BCUT2D eigenvalue weighted by atomic mass is 16.2. The molecule has 2 heterocycles. The second-order valence-corrected chi connectivity index (χ2v) is 6.28. The van der Waals surface area contributed by atoms with Gasteiger partial charge in [-0.3, -0.25) is 4.79 Å². The molecular weight excluding hydrogens is 200 g/mol. The zero-order valence-corrected chi connectivity index (χ0v) is 10.9. The van der Waals surface area contributed by atoms with Gasteiger partial charge in [-0.25, -0.2) is 0 Å². The minimum Gasteiger partial charge on any atom is -0.337 e. The van der Waals surface area contributed by atoms with Gasteiger partial charge >= 0.3 is 0 Å². The Hall–Kier alpha value is -0.570. The van der Waals surface area contributed by atoms with Crippen LogP contribution in [0.25, 0.3) is 0 Å². The number of carbonyl (C=O) groups excluding carboxylic acids is 1. The summed E-state index contributed by atoms with van der Waals surface area (Å²) in [5, 5.41) is 3.25. The van der Waals surface area contributed by atoms with Crippen LogP contribution in [0.5, 0.6) is 0 Å². The SMILES string of the molecule is CC1CN(C(=O)C(C)C2CNC2)C(C)(C)C1. The Kier molecular flexibility index (Phi) is 2.99. The number of rotatable bonds is 2. The molecule has 0 aromatic heterocycles. The van der Waals surface area contributed by atoms with Gasteiger partial charge in [0.25, 0.3) is 0 Å². The summed E-state index contributed by atoms with van der Waals surface area (Å²) < 4.78 is 0. The molecule has 92 valence electrons. The Labute approximate surface area is 98.6 Å². The molecule has 0 aromatic rings. The third kappa shape index (κ3) is 1.97. The van der Waals surface area contributed by atoms with E-state index in [1.54, 1.807) is 0 Å². The summed E-state index contributed by atoms with van der Waals surface area (Å²) in [4.78, 5) is 14.6. The van der Waals surface area contributed by atoms with Crippen molar-refractivity contribution >= 4 is 5.91 Å². The van der Waals surface area contributed by atoms with Crippen molar-refractivity contribution in [2.45, 2.75) is 39.7 Å². The van der Waals surface area contributed by atoms with E-state index >= 15 is 0 Å². The Morgan fingerprint density at radius 1 is 1.44 bits per heavy atom. The minimum atomic E-state index is 0.0575. The summed E-state index contributed by atoms with van der Waals surface area (Å²) in [6.45, 7) is 11.7. The van der Waals surface area contributed by atoms with Crippen LogP contribution < -0.4 is 5.32 Å². The van der Waals surface area contributed by atoms with Crippen molar-refractivity contribution in [1.82, 2.24) is 10.2 Å². The lowest BCUT2D eigenvalue weighted by Gasteiger charge is -2.38. The maximum atomic E-state index is 12.4. The lowest BCUT2D eigenvalue weighted by Crippen LogP contribution is -2.53. The van der Waals surface area contributed by atoms with Crippen molar-refractivity contribution in [3.63, 3.8) is 0 Å². The van der Waals surface area contributed by atoms with E-state index in [0.717, 1.165) is 26.1 Å². The van der Waals surface area contributed by atoms with Crippen LogP contribution in [-0.2, 0) is 4.79 Å². The molecule has 2 aliphatic heterocycles. The van der Waals surface area contributed by atoms with Gasteiger partial charge in [-0.1, -0.05) is 13.8 Å². The van der Waals surface area contributed by atoms with Crippen molar-refractivity contribution in [3.8, 4) is 0 Å². The summed E-state index contributed by atoms with van der Waals surface area (Å²) in [5.41, 5.74) is 0.0575. The number of hydrogen-bond donors (Lipinski definition) is 1. The van der Waals surface area contributed by atoms with E-state index in [1.807, 2.05) is 0 Å². The van der Waals surface area contributed by atoms with E-state index in [1.165, 1.54) is 0 Å². The lowest BCUT2D eigenvalue weighted by atomic mass is 9.87. The Balaban J connectivity index is 2.03. The lowest BCUT2D eigenvalue weighted by molar-refractivity contribution is -0.140. The summed E-state index contributed by atoms with van der Waals surface area (Å²) in [6, 6.07) is 0. The zero-order valence-electron chi connectivity index (χ0n) is 10.9. The molecular formula is C13H24N2O. The Morgan fingerprint density at radius 2 is 2.06 bits per heavy atom. The van der Waals surface area contributed by atoms with Gasteiger partial charge in [-0.2, -0.15) is 0 Å². The summed E-state index contributed by atoms with van der Waals surface area (Å²) in [7, 11) is 0. The quantitative estimate of drug-likeness (QED) is 0.770. The second-order valence-electron chi connectivity index (χ2n) is 6.28. The summed E-state index contributed by atoms with van der Waals surface area (Å²) in [6.07, 6.45) is 1.13. The molecule has 1 N–H and O–H groups in total. The molecule has 0 bridgehead atoms. The predicted molar refractivity (Wildman–Crippen MR) is 65.1 cm³/mol. The first kappa shape index (κ1) is 11.9. The second kappa shape index (κ2) is 4.02. The van der Waals surface area contributed by atoms with Crippen molar-refractivity contribution in [2.24, 2.45) is 17.8 Å². The van der Waals surface area contributed by atoms with Crippen molar-refractivity contribution in [1.29, 1.82) is 0 Å². The van der Waals surface area contributed by atoms with Crippen LogP contribution >= 0.6 is 0 Å². The zero-order chi connectivity index (χ0) is 11.9. The van der Waals surface area contributed by atoms with Crippen molar-refractivity contribution in [3.05, 3.63) is 0 Å². The molecule has 2 fully saturated rings. The molecule has 2 aliphatic rings. The number of nitrogens with zero attached hydrogens (tertiary/aromatic N) is 1. The van der Waals surface area contributed by atoms with Gasteiger partial charge in [-0.15, -0.1) is 0 Å². The largest absolute Gasteiger partial charge is 0.337 e. The molecule has 2 atom stereocenters. The van der Waals surface area contributed by atoms with Crippen LogP contribution in [0.3, 0.4) is 0 Å². The van der Waals surface area contributed by atoms with Crippen LogP contribution in [-0.4, -0.2) is 36.0 Å². The number of carbonyl (C=O) groups is 1. The van der Waals surface area contributed by atoms with E-state index in [0.29, 0.717) is 17.7 Å². The van der Waals surface area contributed by atoms with Gasteiger partial charge in [0, 0.05) is 18.0 Å². The number of hydrogen-bond acceptors (Lipinski definition) is 2. The van der Waals surface area contributed by atoms with E-state index in [9.17, 15) is 4.79 Å². The van der Waals surface area contributed by atoms with Gasteiger partial charge in [0.1, 0.15) is 0 Å². The van der Waals surface area contributed by atoms with Crippen LogP contribution in [0.2, 0.25) is 0 Å². The fourth-order valence-electron chi connectivity index (χ4n) is 3.09. The normalized spacial score (nSPS) is 31.2. The third-order valence-corrected chi connectivity index (χ3v) is 4.25. The van der Waals surface area contributed by atoms with Gasteiger partial charge in [-0.05, 0) is 45.2 Å². The summed E-state index contributed by atoms with van der Waals surface area (Å²) >= 11 is 0. The molecule has 2 saturated heterocycles. The average Bonchev–Trinajstić information content (AvgIpc) is 2.35. The highest BCUT2D eigenvalue weighted by Gasteiger charge is 2.42. The summed E-state index contributed by atoms with van der Waals surface area (Å²) in [5.74, 6) is 1.75. The molecule has 0 spiro atoms. The van der Waals surface area contributed by atoms with Gasteiger partial charge in [0.15, 0.2) is 0 Å². The Morgan fingerprint density at radius 3 is 2.44 bits per heavy atom. The molecule has 0 radical (unpaired) electrons. The highest BCUT2D eigenvalue weighted by molar-refractivity contribution is 5.80. The molecule has 0 aliphatic carbocycles. The number of amides is 1. The van der Waals surface area contributed by atoms with Crippen molar-refractivity contribution < 1.29 is 4.79 Å². The fourth-order valence-corrected chi connectivity index (χ4v) is 3.09. The van der Waals surface area contributed by atoms with E-state index in [4.69, 9.17) is 0 Å². The van der Waals surface area contributed by atoms with Crippen LogP contribution in [0.15, 0.2) is 0 Å². The van der Waals surface area contributed by atoms with Crippen LogP contribution in [0, 0.1) is 17.8 Å². The molecule has 0 saturated carbocycles. The number of nitrogens with one attached hydrogen (secondary N) is 1.